The van der Waals surface area contributed by atoms with Crippen molar-refractivity contribution in [3.05, 3.63) is 23.8 Å². The first kappa shape index (κ1) is 14.0. The van der Waals surface area contributed by atoms with E-state index >= 15 is 0 Å². The summed E-state index contributed by atoms with van der Waals surface area (Å²) in [6.45, 7) is 2.68. The highest BCUT2D eigenvalue weighted by atomic mass is 32.2. The molecule has 1 N–H and O–H groups in total. The number of aromatic nitrogens is 3. The number of amides is 1. The summed E-state index contributed by atoms with van der Waals surface area (Å²) in [5, 5.41) is 10.8. The molecule has 112 valence electrons. The first-order valence-corrected chi connectivity index (χ1v) is 8.65. The summed E-state index contributed by atoms with van der Waals surface area (Å²) in [6, 6.07) is 4.88. The highest BCUT2D eigenvalue weighted by Gasteiger charge is 2.29. The molecular weight excluding hydrogens is 292 g/mol. The van der Waals surface area contributed by atoms with Gasteiger partial charge in [0.15, 0.2) is 9.84 Å². The Balaban J connectivity index is 1.79. The summed E-state index contributed by atoms with van der Waals surface area (Å²) in [4.78, 5) is 12.2. The van der Waals surface area contributed by atoms with Crippen LogP contribution in [-0.4, -0.2) is 46.9 Å². The molecule has 8 heteroatoms. The highest BCUT2D eigenvalue weighted by molar-refractivity contribution is 7.91. The fraction of sp³-hybridized carbons (Fsp3) is 0.462. The first-order chi connectivity index (χ1) is 9.98. The van der Waals surface area contributed by atoms with E-state index in [4.69, 9.17) is 0 Å². The molecule has 1 atom stereocenters. The topological polar surface area (TPSA) is 93.9 Å². The third-order valence-corrected chi connectivity index (χ3v) is 5.41. The Kier molecular flexibility index (Phi) is 3.40. The molecule has 3 rings (SSSR count). The van der Waals surface area contributed by atoms with Crippen molar-refractivity contribution in [2.75, 3.05) is 11.5 Å². The molecule has 1 saturated heterocycles. The van der Waals surface area contributed by atoms with Crippen molar-refractivity contribution in [1.29, 1.82) is 0 Å². The number of carbonyl (C=O) groups is 1. The van der Waals surface area contributed by atoms with Crippen LogP contribution in [0, 0.1) is 0 Å². The number of nitrogens with zero attached hydrogens (tertiary/aromatic N) is 3. The third kappa shape index (κ3) is 2.76. The Bertz CT molecular complexity index is 797. The van der Waals surface area contributed by atoms with Crippen LogP contribution in [0.25, 0.3) is 11.0 Å². The predicted octanol–water partition coefficient (Wildman–Crippen LogP) is 0.368. The molecule has 0 spiro atoms. The molecule has 7 nitrogen and oxygen atoms in total. The normalized spacial score (nSPS) is 20.7. The van der Waals surface area contributed by atoms with Gasteiger partial charge in [0, 0.05) is 18.2 Å². The Hall–Kier alpha value is -1.96. The van der Waals surface area contributed by atoms with E-state index in [9.17, 15) is 13.2 Å². The van der Waals surface area contributed by atoms with Gasteiger partial charge < -0.3 is 5.32 Å². The van der Waals surface area contributed by atoms with Crippen molar-refractivity contribution in [3.8, 4) is 0 Å². The summed E-state index contributed by atoms with van der Waals surface area (Å²) in [6.07, 6.45) is 0.475. The van der Waals surface area contributed by atoms with E-state index in [1.807, 2.05) is 6.92 Å². The average molecular weight is 308 g/mol. The van der Waals surface area contributed by atoms with Crippen molar-refractivity contribution < 1.29 is 13.2 Å². The minimum atomic E-state index is -3.00. The number of carbonyl (C=O) groups excluding carboxylic acids is 1. The number of benzene rings is 1. The molecule has 1 aromatic carbocycles. The van der Waals surface area contributed by atoms with E-state index < -0.39 is 9.84 Å². The number of hydrogen-bond acceptors (Lipinski definition) is 5. The maximum Gasteiger partial charge on any atom is 0.251 e. The molecule has 1 amide bonds. The van der Waals surface area contributed by atoms with Crippen molar-refractivity contribution in [3.63, 3.8) is 0 Å². The smallest absolute Gasteiger partial charge is 0.251 e. The number of sulfone groups is 1. The van der Waals surface area contributed by atoms with E-state index in [0.29, 0.717) is 24.0 Å². The zero-order chi connectivity index (χ0) is 15.0. The third-order valence-electron chi connectivity index (χ3n) is 3.64. The number of fused-ring (bicyclic) bond motifs is 1. The second-order valence-electron chi connectivity index (χ2n) is 5.18. The van der Waals surface area contributed by atoms with Gasteiger partial charge in [-0.3, -0.25) is 4.79 Å². The maximum atomic E-state index is 12.2. The van der Waals surface area contributed by atoms with Gasteiger partial charge in [-0.1, -0.05) is 5.21 Å². The van der Waals surface area contributed by atoms with Gasteiger partial charge in [0.1, 0.15) is 5.52 Å². The van der Waals surface area contributed by atoms with E-state index in [1.54, 1.807) is 22.9 Å². The molecule has 1 unspecified atom stereocenters. The van der Waals surface area contributed by atoms with E-state index in [1.165, 1.54) is 0 Å². The molecule has 0 saturated carbocycles. The van der Waals surface area contributed by atoms with Crippen molar-refractivity contribution in [2.24, 2.45) is 0 Å². The number of hydrogen-bond donors (Lipinski definition) is 1. The summed E-state index contributed by atoms with van der Waals surface area (Å²) in [5.41, 5.74) is 2.00. The minimum absolute atomic E-state index is 0.0208. The van der Waals surface area contributed by atoms with Gasteiger partial charge in [-0.2, -0.15) is 0 Å². The van der Waals surface area contributed by atoms with Crippen molar-refractivity contribution >= 4 is 26.8 Å². The second-order valence-corrected chi connectivity index (χ2v) is 7.41. The summed E-state index contributed by atoms with van der Waals surface area (Å²) in [5.74, 6) is -0.112. The maximum absolute atomic E-state index is 12.2. The average Bonchev–Trinajstić information content (AvgIpc) is 3.00. The lowest BCUT2D eigenvalue weighted by Crippen LogP contribution is -2.35. The fourth-order valence-electron chi connectivity index (χ4n) is 2.52. The van der Waals surface area contributed by atoms with Gasteiger partial charge in [0.25, 0.3) is 5.91 Å². The lowest BCUT2D eigenvalue weighted by molar-refractivity contribution is 0.0941. The fourth-order valence-corrected chi connectivity index (χ4v) is 4.20. The van der Waals surface area contributed by atoms with Crippen LogP contribution in [0.4, 0.5) is 0 Å². The van der Waals surface area contributed by atoms with Gasteiger partial charge >= 0.3 is 0 Å². The summed E-state index contributed by atoms with van der Waals surface area (Å²) < 4.78 is 24.5. The molecule has 1 aromatic heterocycles. The molecule has 0 radical (unpaired) electrons. The molecule has 0 aliphatic carbocycles. The quantitative estimate of drug-likeness (QED) is 0.884. The standard InChI is InChI=1S/C13H16N4O3S/c1-2-17-12-4-3-9(7-11(12)15-16-17)13(18)14-10-5-6-21(19,20)8-10/h3-4,7,10H,2,5-6,8H2,1H3,(H,14,18). The summed E-state index contributed by atoms with van der Waals surface area (Å²) >= 11 is 0. The van der Waals surface area contributed by atoms with Crippen LogP contribution in [0.15, 0.2) is 18.2 Å². The monoisotopic (exact) mass is 308 g/mol. The number of aryl methyl sites for hydroxylation is 1. The molecule has 21 heavy (non-hydrogen) atoms. The lowest BCUT2D eigenvalue weighted by atomic mass is 10.1. The van der Waals surface area contributed by atoms with Crippen LogP contribution in [0.1, 0.15) is 23.7 Å². The van der Waals surface area contributed by atoms with Crippen LogP contribution >= 0.6 is 0 Å². The Morgan fingerprint density at radius 3 is 2.95 bits per heavy atom. The molecule has 1 aliphatic rings. The van der Waals surface area contributed by atoms with E-state index in [-0.39, 0.29) is 23.5 Å². The molecule has 1 aliphatic heterocycles. The molecule has 2 heterocycles. The Morgan fingerprint density at radius 2 is 2.29 bits per heavy atom. The van der Waals surface area contributed by atoms with E-state index in [2.05, 4.69) is 15.6 Å². The van der Waals surface area contributed by atoms with Crippen LogP contribution in [-0.2, 0) is 16.4 Å². The van der Waals surface area contributed by atoms with E-state index in [0.717, 1.165) is 5.52 Å². The van der Waals surface area contributed by atoms with Crippen LogP contribution in [0.5, 0.6) is 0 Å². The first-order valence-electron chi connectivity index (χ1n) is 6.83. The predicted molar refractivity (Wildman–Crippen MR) is 77.7 cm³/mol. The number of nitrogens with one attached hydrogen (secondary N) is 1. The van der Waals surface area contributed by atoms with Crippen LogP contribution in [0.2, 0.25) is 0 Å². The number of rotatable bonds is 3. The SMILES string of the molecule is CCn1nnc2cc(C(=O)NC3CCS(=O)(=O)C3)ccc21. The minimum Gasteiger partial charge on any atom is -0.348 e. The van der Waals surface area contributed by atoms with Gasteiger partial charge in [-0.15, -0.1) is 5.10 Å². The molecule has 2 aromatic rings. The zero-order valence-electron chi connectivity index (χ0n) is 11.6. The molecule has 0 bridgehead atoms. The van der Waals surface area contributed by atoms with Crippen molar-refractivity contribution in [1.82, 2.24) is 20.3 Å². The zero-order valence-corrected chi connectivity index (χ0v) is 12.4. The van der Waals surface area contributed by atoms with Crippen LogP contribution < -0.4 is 5.32 Å². The van der Waals surface area contributed by atoms with Gasteiger partial charge in [0.05, 0.1) is 17.0 Å². The van der Waals surface area contributed by atoms with Gasteiger partial charge in [-0.05, 0) is 31.5 Å². The summed E-state index contributed by atoms with van der Waals surface area (Å²) in [7, 11) is -3.00. The van der Waals surface area contributed by atoms with Crippen LogP contribution in [0.3, 0.4) is 0 Å². The Labute approximate surface area is 122 Å². The van der Waals surface area contributed by atoms with Gasteiger partial charge in [0.2, 0.25) is 0 Å². The Morgan fingerprint density at radius 1 is 1.48 bits per heavy atom. The molecular formula is C13H16N4O3S. The molecule has 1 fully saturated rings. The van der Waals surface area contributed by atoms with Gasteiger partial charge in [-0.25, -0.2) is 13.1 Å². The lowest BCUT2D eigenvalue weighted by Gasteiger charge is -2.10. The highest BCUT2D eigenvalue weighted by Crippen LogP contribution is 2.15. The van der Waals surface area contributed by atoms with Crippen molar-refractivity contribution in [2.45, 2.75) is 25.9 Å². The second kappa shape index (κ2) is 5.10. The largest absolute Gasteiger partial charge is 0.348 e.